The largest absolute Gasteiger partial charge is 0.493 e. The molecule has 0 saturated heterocycles. The van der Waals surface area contributed by atoms with E-state index in [1.165, 1.54) is 21.3 Å². The number of amides is 1. The topological polar surface area (TPSA) is 80.9 Å². The number of rotatable bonds is 5. The maximum Gasteiger partial charge on any atom is 0.270 e. The van der Waals surface area contributed by atoms with E-state index in [9.17, 15) is 4.79 Å². The lowest BCUT2D eigenvalue weighted by molar-refractivity contribution is 0.0943. The third kappa shape index (κ3) is 4.77. The van der Waals surface area contributed by atoms with Crippen LogP contribution in [0.5, 0.6) is 17.2 Å². The molecule has 0 aromatic heterocycles. The molecule has 0 spiro atoms. The van der Waals surface area contributed by atoms with Gasteiger partial charge in [0.05, 0.1) is 26.9 Å². The molecule has 0 aliphatic heterocycles. The van der Waals surface area contributed by atoms with E-state index in [4.69, 9.17) is 26.4 Å². The van der Waals surface area contributed by atoms with Gasteiger partial charge in [0.25, 0.3) is 5.91 Å². The molecule has 9 heteroatoms. The fourth-order valence-electron chi connectivity index (χ4n) is 2.14. The Morgan fingerprint density at radius 1 is 1.00 bits per heavy atom. The van der Waals surface area contributed by atoms with Gasteiger partial charge in [0.15, 0.2) is 16.6 Å². The number of hydrogen-bond donors (Lipinski definition) is 3. The first-order chi connectivity index (χ1) is 12.5. The fourth-order valence-corrected chi connectivity index (χ4v) is 2.78. The summed E-state index contributed by atoms with van der Waals surface area (Å²) in [5.41, 5.74) is 6.26. The van der Waals surface area contributed by atoms with Gasteiger partial charge in [0.2, 0.25) is 5.75 Å². The maximum absolute atomic E-state index is 12.2. The summed E-state index contributed by atoms with van der Waals surface area (Å²) in [6.07, 6.45) is 0. The summed E-state index contributed by atoms with van der Waals surface area (Å²) in [7, 11) is 4.57. The standard InChI is InChI=1S/C17H18BrN3O4S/c1-23-13-8-10(9-14(24-2)15(13)25-3)19-17(26)21-20-16(22)11-6-4-5-7-12(11)18/h4-9H,1-3H3,(H,20,22)(H2,19,21,26). The van der Waals surface area contributed by atoms with Crippen LogP contribution in [0.1, 0.15) is 10.4 Å². The molecule has 7 nitrogen and oxygen atoms in total. The first kappa shape index (κ1) is 19.8. The van der Waals surface area contributed by atoms with E-state index in [-0.39, 0.29) is 11.0 Å². The summed E-state index contributed by atoms with van der Waals surface area (Å²) < 4.78 is 16.5. The van der Waals surface area contributed by atoms with E-state index in [2.05, 4.69) is 32.1 Å². The third-order valence-electron chi connectivity index (χ3n) is 3.33. The molecule has 0 radical (unpaired) electrons. The summed E-state index contributed by atoms with van der Waals surface area (Å²) in [5, 5.41) is 3.14. The second-order valence-corrected chi connectivity index (χ2v) is 6.19. The molecule has 0 atom stereocenters. The minimum atomic E-state index is -0.327. The van der Waals surface area contributed by atoms with Crippen molar-refractivity contribution < 1.29 is 19.0 Å². The van der Waals surface area contributed by atoms with Gasteiger partial charge in [-0.25, -0.2) is 0 Å². The Morgan fingerprint density at radius 2 is 1.62 bits per heavy atom. The molecule has 0 bridgehead atoms. The van der Waals surface area contributed by atoms with Crippen molar-refractivity contribution in [2.75, 3.05) is 26.6 Å². The van der Waals surface area contributed by atoms with Gasteiger partial charge in [0, 0.05) is 22.3 Å². The van der Waals surface area contributed by atoms with E-state index in [0.29, 0.717) is 33.0 Å². The number of carbonyl (C=O) groups excluding carboxylic acids is 1. The molecule has 0 heterocycles. The van der Waals surface area contributed by atoms with Crippen LogP contribution in [0.25, 0.3) is 0 Å². The Balaban J connectivity index is 2.04. The van der Waals surface area contributed by atoms with Crippen molar-refractivity contribution in [3.63, 3.8) is 0 Å². The number of hydrogen-bond acceptors (Lipinski definition) is 5. The lowest BCUT2D eigenvalue weighted by atomic mass is 10.2. The number of ether oxygens (including phenoxy) is 3. The second kappa shape index (κ2) is 9.25. The van der Waals surface area contributed by atoms with Crippen LogP contribution in [0.15, 0.2) is 40.9 Å². The van der Waals surface area contributed by atoms with E-state index in [1.807, 2.05) is 6.07 Å². The van der Waals surface area contributed by atoms with Crippen molar-refractivity contribution in [1.82, 2.24) is 10.9 Å². The molecule has 3 N–H and O–H groups in total. The number of hydrazine groups is 1. The molecule has 2 aromatic carbocycles. The van der Waals surface area contributed by atoms with Gasteiger partial charge in [-0.2, -0.15) is 0 Å². The second-order valence-electron chi connectivity index (χ2n) is 4.93. The number of carbonyl (C=O) groups is 1. The van der Waals surface area contributed by atoms with Gasteiger partial charge in [-0.3, -0.25) is 15.6 Å². The van der Waals surface area contributed by atoms with Gasteiger partial charge in [-0.05, 0) is 40.3 Å². The highest BCUT2D eigenvalue weighted by molar-refractivity contribution is 9.10. The number of thiocarbonyl (C=S) groups is 1. The van der Waals surface area contributed by atoms with Crippen LogP contribution in [-0.4, -0.2) is 32.3 Å². The Bertz CT molecular complexity index is 791. The predicted octanol–water partition coefficient (Wildman–Crippen LogP) is 3.11. The molecule has 0 saturated carbocycles. The number of methoxy groups -OCH3 is 3. The number of halogens is 1. The summed E-state index contributed by atoms with van der Waals surface area (Å²) in [4.78, 5) is 12.2. The van der Waals surface area contributed by atoms with Crippen molar-refractivity contribution in [3.8, 4) is 17.2 Å². The average molecular weight is 440 g/mol. The molecule has 2 rings (SSSR count). The van der Waals surface area contributed by atoms with Crippen molar-refractivity contribution in [3.05, 3.63) is 46.4 Å². The zero-order valence-electron chi connectivity index (χ0n) is 14.4. The minimum Gasteiger partial charge on any atom is -0.493 e. The number of nitrogens with one attached hydrogen (secondary N) is 3. The summed E-state index contributed by atoms with van der Waals surface area (Å²) >= 11 is 8.52. The normalized spacial score (nSPS) is 9.85. The number of benzene rings is 2. The summed E-state index contributed by atoms with van der Waals surface area (Å²) in [6, 6.07) is 10.5. The average Bonchev–Trinajstić information content (AvgIpc) is 2.65. The Labute approximate surface area is 165 Å². The fraction of sp³-hybridized carbons (Fsp3) is 0.176. The van der Waals surface area contributed by atoms with Crippen LogP contribution < -0.4 is 30.4 Å². The van der Waals surface area contributed by atoms with Gasteiger partial charge < -0.3 is 19.5 Å². The van der Waals surface area contributed by atoms with Crippen LogP contribution in [0.3, 0.4) is 0 Å². The van der Waals surface area contributed by atoms with Crippen molar-refractivity contribution >= 4 is 44.9 Å². The summed E-state index contributed by atoms with van der Waals surface area (Å²) in [5.74, 6) is 1.11. The van der Waals surface area contributed by atoms with E-state index in [0.717, 1.165) is 0 Å². The van der Waals surface area contributed by atoms with Crippen LogP contribution in [0.2, 0.25) is 0 Å². The Morgan fingerprint density at radius 3 is 2.15 bits per heavy atom. The lowest BCUT2D eigenvalue weighted by Gasteiger charge is -2.16. The highest BCUT2D eigenvalue weighted by atomic mass is 79.9. The van der Waals surface area contributed by atoms with Crippen molar-refractivity contribution in [2.24, 2.45) is 0 Å². The van der Waals surface area contributed by atoms with Gasteiger partial charge in [-0.1, -0.05) is 12.1 Å². The van der Waals surface area contributed by atoms with Crippen molar-refractivity contribution in [1.29, 1.82) is 0 Å². The zero-order chi connectivity index (χ0) is 19.1. The molecule has 0 fully saturated rings. The van der Waals surface area contributed by atoms with Gasteiger partial charge in [0.1, 0.15) is 0 Å². The van der Waals surface area contributed by atoms with Crippen LogP contribution in [0.4, 0.5) is 5.69 Å². The van der Waals surface area contributed by atoms with Crippen LogP contribution in [-0.2, 0) is 0 Å². The SMILES string of the molecule is COc1cc(NC(=S)NNC(=O)c2ccccc2Br)cc(OC)c1OC. The highest BCUT2D eigenvalue weighted by Crippen LogP contribution is 2.39. The molecule has 0 aliphatic carbocycles. The third-order valence-corrected chi connectivity index (χ3v) is 4.23. The molecule has 0 unspecified atom stereocenters. The molecule has 0 aliphatic rings. The van der Waals surface area contributed by atoms with Crippen molar-refractivity contribution in [2.45, 2.75) is 0 Å². The smallest absolute Gasteiger partial charge is 0.270 e. The maximum atomic E-state index is 12.2. The van der Waals surface area contributed by atoms with Crippen LogP contribution in [0, 0.1) is 0 Å². The molecular weight excluding hydrogens is 422 g/mol. The first-order valence-corrected chi connectivity index (χ1v) is 8.62. The van der Waals surface area contributed by atoms with Gasteiger partial charge in [-0.15, -0.1) is 0 Å². The molecule has 2 aromatic rings. The van der Waals surface area contributed by atoms with E-state index >= 15 is 0 Å². The van der Waals surface area contributed by atoms with E-state index in [1.54, 1.807) is 30.3 Å². The lowest BCUT2D eigenvalue weighted by Crippen LogP contribution is -2.43. The molecule has 26 heavy (non-hydrogen) atoms. The predicted molar refractivity (Wildman–Crippen MR) is 107 cm³/mol. The molecule has 138 valence electrons. The van der Waals surface area contributed by atoms with Gasteiger partial charge >= 0.3 is 0 Å². The number of anilines is 1. The van der Waals surface area contributed by atoms with E-state index < -0.39 is 0 Å². The Hall–Kier alpha value is -2.52. The Kier molecular flexibility index (Phi) is 7.05. The quantitative estimate of drug-likeness (QED) is 0.487. The zero-order valence-corrected chi connectivity index (χ0v) is 16.8. The first-order valence-electron chi connectivity index (χ1n) is 7.42. The molecule has 1 amide bonds. The summed E-state index contributed by atoms with van der Waals surface area (Å²) in [6.45, 7) is 0. The highest BCUT2D eigenvalue weighted by Gasteiger charge is 2.14. The minimum absolute atomic E-state index is 0.194. The monoisotopic (exact) mass is 439 g/mol. The van der Waals surface area contributed by atoms with Crippen LogP contribution >= 0.6 is 28.1 Å². The molecular formula is C17H18BrN3O4S.